The van der Waals surface area contributed by atoms with Crippen molar-refractivity contribution in [2.24, 2.45) is 17.8 Å². The number of cyclic esters (lactones) is 1. The van der Waals surface area contributed by atoms with Crippen molar-refractivity contribution in [1.29, 1.82) is 0 Å². The molecule has 194 valence electrons. The molecule has 7 heteroatoms. The second-order valence-electron chi connectivity index (χ2n) is 10.4. The van der Waals surface area contributed by atoms with Gasteiger partial charge < -0.3 is 29.9 Å². The number of hydrogen-bond donors (Lipinski definition) is 4. The van der Waals surface area contributed by atoms with E-state index in [1.807, 2.05) is 32.9 Å². The molecular weight excluding hydrogens is 436 g/mol. The zero-order chi connectivity index (χ0) is 25.5. The van der Waals surface area contributed by atoms with E-state index >= 15 is 0 Å². The number of carbonyl (C=O) groups is 1. The first kappa shape index (κ1) is 28.7. The van der Waals surface area contributed by atoms with Crippen LogP contribution in [0.15, 0.2) is 36.5 Å². The van der Waals surface area contributed by atoms with Crippen molar-refractivity contribution in [1.82, 2.24) is 0 Å². The van der Waals surface area contributed by atoms with Gasteiger partial charge in [-0.25, -0.2) is 0 Å². The minimum absolute atomic E-state index is 0.121. The molecule has 10 atom stereocenters. The van der Waals surface area contributed by atoms with Crippen molar-refractivity contribution in [3.8, 4) is 0 Å². The van der Waals surface area contributed by atoms with Gasteiger partial charge in [0.05, 0.1) is 36.4 Å². The zero-order valence-corrected chi connectivity index (χ0v) is 21.2. The summed E-state index contributed by atoms with van der Waals surface area (Å²) < 4.78 is 11.4. The standard InChI is InChI=1S/C27H44O7/c1-6-21(29)19(4)26-23(34-26)15-17(2)9-7-8-10-22-18(3)11-12-24(30)27(5,32)14-13-20(28)16-25(31)33-22/h7-12,17-24,26,28-30,32H,6,13-16H2,1-5H3. The molecule has 0 spiro atoms. The SMILES string of the molecule is CCC(O)C(C)C1OC1CC(C)C=CC=CC1OC(=O)CC(O)CCC(C)(O)C(O)C=CC1C. The van der Waals surface area contributed by atoms with Gasteiger partial charge in [0.1, 0.15) is 12.2 Å². The summed E-state index contributed by atoms with van der Waals surface area (Å²) >= 11 is 0. The lowest BCUT2D eigenvalue weighted by Gasteiger charge is -2.29. The van der Waals surface area contributed by atoms with Crippen molar-refractivity contribution in [3.63, 3.8) is 0 Å². The highest BCUT2D eigenvalue weighted by Crippen LogP contribution is 2.36. The Morgan fingerprint density at radius 3 is 2.62 bits per heavy atom. The first-order valence-corrected chi connectivity index (χ1v) is 12.6. The number of aliphatic hydroxyl groups is 4. The molecule has 0 radical (unpaired) electrons. The quantitative estimate of drug-likeness (QED) is 0.182. The summed E-state index contributed by atoms with van der Waals surface area (Å²) in [5.74, 6) is -0.313. The van der Waals surface area contributed by atoms with Gasteiger partial charge in [0.15, 0.2) is 0 Å². The molecule has 10 unspecified atom stereocenters. The van der Waals surface area contributed by atoms with Gasteiger partial charge in [0, 0.05) is 11.8 Å². The molecule has 2 heterocycles. The molecule has 34 heavy (non-hydrogen) atoms. The van der Waals surface area contributed by atoms with Crippen LogP contribution in [0.4, 0.5) is 0 Å². The highest BCUT2D eigenvalue weighted by atomic mass is 16.6. The molecule has 1 fully saturated rings. The maximum absolute atomic E-state index is 12.3. The molecule has 0 aromatic rings. The number of epoxide rings is 1. The minimum atomic E-state index is -1.39. The maximum Gasteiger partial charge on any atom is 0.309 e. The molecule has 2 aliphatic heterocycles. The molecule has 0 saturated carbocycles. The lowest BCUT2D eigenvalue weighted by atomic mass is 9.89. The fourth-order valence-electron chi connectivity index (χ4n) is 4.29. The van der Waals surface area contributed by atoms with E-state index in [9.17, 15) is 25.2 Å². The van der Waals surface area contributed by atoms with E-state index in [1.165, 1.54) is 13.0 Å². The number of hydrogen-bond acceptors (Lipinski definition) is 7. The Morgan fingerprint density at radius 2 is 1.94 bits per heavy atom. The average Bonchev–Trinajstić information content (AvgIpc) is 3.54. The van der Waals surface area contributed by atoms with Gasteiger partial charge in [-0.2, -0.15) is 0 Å². The summed E-state index contributed by atoms with van der Waals surface area (Å²) in [6, 6.07) is 0. The summed E-state index contributed by atoms with van der Waals surface area (Å²) in [4.78, 5) is 12.3. The van der Waals surface area contributed by atoms with Gasteiger partial charge in [0.2, 0.25) is 0 Å². The maximum atomic E-state index is 12.3. The van der Waals surface area contributed by atoms with E-state index in [4.69, 9.17) is 9.47 Å². The Bertz CT molecular complexity index is 728. The molecular formula is C27H44O7. The highest BCUT2D eigenvalue weighted by Gasteiger charge is 2.44. The smallest absolute Gasteiger partial charge is 0.309 e. The fraction of sp³-hybridized carbons (Fsp3) is 0.741. The van der Waals surface area contributed by atoms with E-state index in [0.717, 1.165) is 12.8 Å². The Hall–Kier alpha value is -1.51. The van der Waals surface area contributed by atoms with E-state index in [-0.39, 0.29) is 55.3 Å². The third kappa shape index (κ3) is 8.93. The lowest BCUT2D eigenvalue weighted by molar-refractivity contribution is -0.151. The monoisotopic (exact) mass is 480 g/mol. The van der Waals surface area contributed by atoms with Gasteiger partial charge in [-0.3, -0.25) is 4.79 Å². The Morgan fingerprint density at radius 1 is 1.24 bits per heavy atom. The molecule has 2 rings (SSSR count). The zero-order valence-electron chi connectivity index (χ0n) is 21.2. The van der Waals surface area contributed by atoms with Crippen molar-refractivity contribution in [3.05, 3.63) is 36.5 Å². The lowest BCUT2D eigenvalue weighted by Crippen LogP contribution is -2.39. The van der Waals surface area contributed by atoms with Crippen LogP contribution in [0.3, 0.4) is 0 Å². The topological polar surface area (TPSA) is 120 Å². The number of carbonyl (C=O) groups excluding carboxylic acids is 1. The normalized spacial score (nSPS) is 38.2. The van der Waals surface area contributed by atoms with E-state index in [2.05, 4.69) is 13.0 Å². The summed E-state index contributed by atoms with van der Waals surface area (Å²) in [6.07, 6.45) is 10.0. The Kier molecular flexibility index (Phi) is 11.0. The summed E-state index contributed by atoms with van der Waals surface area (Å²) in [5, 5.41) is 40.9. The second kappa shape index (κ2) is 13.0. The van der Waals surface area contributed by atoms with Gasteiger partial charge >= 0.3 is 5.97 Å². The van der Waals surface area contributed by atoms with E-state index < -0.39 is 29.9 Å². The molecule has 7 nitrogen and oxygen atoms in total. The van der Waals surface area contributed by atoms with Crippen LogP contribution < -0.4 is 0 Å². The molecule has 0 aliphatic carbocycles. The molecule has 4 N–H and O–H groups in total. The van der Waals surface area contributed by atoms with Crippen LogP contribution in [0.25, 0.3) is 0 Å². The van der Waals surface area contributed by atoms with Crippen molar-refractivity contribution < 1.29 is 34.7 Å². The second-order valence-corrected chi connectivity index (χ2v) is 10.4. The predicted molar refractivity (Wildman–Crippen MR) is 131 cm³/mol. The largest absolute Gasteiger partial charge is 0.457 e. The average molecular weight is 481 g/mol. The molecule has 0 aromatic carbocycles. The van der Waals surface area contributed by atoms with E-state index in [0.29, 0.717) is 0 Å². The summed E-state index contributed by atoms with van der Waals surface area (Å²) in [6.45, 7) is 9.50. The van der Waals surface area contributed by atoms with Crippen LogP contribution >= 0.6 is 0 Å². The minimum Gasteiger partial charge on any atom is -0.457 e. The molecule has 1 saturated heterocycles. The summed E-state index contributed by atoms with van der Waals surface area (Å²) in [5.41, 5.74) is -1.39. The number of ether oxygens (including phenoxy) is 2. The van der Waals surface area contributed by atoms with Gasteiger partial charge in [-0.05, 0) is 44.6 Å². The first-order chi connectivity index (χ1) is 15.9. The summed E-state index contributed by atoms with van der Waals surface area (Å²) in [7, 11) is 0. The Labute approximate surface area is 204 Å². The highest BCUT2D eigenvalue weighted by molar-refractivity contribution is 5.70. The van der Waals surface area contributed by atoms with Crippen LogP contribution in [-0.2, 0) is 14.3 Å². The first-order valence-electron chi connectivity index (χ1n) is 12.6. The molecule has 0 aromatic heterocycles. The number of rotatable bonds is 8. The van der Waals surface area contributed by atoms with Crippen molar-refractivity contribution in [2.45, 2.75) is 109 Å². The van der Waals surface area contributed by atoms with Crippen LogP contribution in [0, 0.1) is 17.8 Å². The van der Waals surface area contributed by atoms with Gasteiger partial charge in [-0.15, -0.1) is 0 Å². The van der Waals surface area contributed by atoms with Crippen LogP contribution in [0.2, 0.25) is 0 Å². The van der Waals surface area contributed by atoms with E-state index in [1.54, 1.807) is 12.2 Å². The van der Waals surface area contributed by atoms with Gasteiger partial charge in [-0.1, -0.05) is 58.1 Å². The molecule has 0 bridgehead atoms. The van der Waals surface area contributed by atoms with Crippen LogP contribution in [-0.4, -0.2) is 68.6 Å². The number of aliphatic hydroxyl groups excluding tert-OH is 3. The third-order valence-corrected chi connectivity index (χ3v) is 7.03. The van der Waals surface area contributed by atoms with Crippen LogP contribution in [0.5, 0.6) is 0 Å². The molecule has 2 aliphatic rings. The number of esters is 1. The van der Waals surface area contributed by atoms with Gasteiger partial charge in [0.25, 0.3) is 0 Å². The van der Waals surface area contributed by atoms with Crippen LogP contribution in [0.1, 0.15) is 66.7 Å². The van der Waals surface area contributed by atoms with Crippen molar-refractivity contribution >= 4 is 5.97 Å². The number of allylic oxidation sites excluding steroid dienone is 3. The molecule has 0 amide bonds. The third-order valence-electron chi connectivity index (χ3n) is 7.03. The predicted octanol–water partition coefficient (Wildman–Crippen LogP) is 3.06. The fourth-order valence-corrected chi connectivity index (χ4v) is 4.29. The Balaban J connectivity index is 1.96. The van der Waals surface area contributed by atoms with Crippen molar-refractivity contribution in [2.75, 3.05) is 0 Å².